The van der Waals surface area contributed by atoms with Gasteiger partial charge in [-0.15, -0.1) is 0 Å². The Morgan fingerprint density at radius 1 is 0.302 bits per heavy atom. The summed E-state index contributed by atoms with van der Waals surface area (Å²) in [5.74, 6) is 0. The van der Waals surface area contributed by atoms with Gasteiger partial charge in [0.25, 0.3) is 0 Å². The molecule has 0 aliphatic heterocycles. The first-order chi connectivity index (χ1) is 31.2. The Balaban J connectivity index is 0.996. The van der Waals surface area contributed by atoms with Gasteiger partial charge in [0.15, 0.2) is 5.58 Å². The fraction of sp³-hybridized carbons (Fsp3) is 0. The molecule has 0 saturated carbocycles. The lowest BCUT2D eigenvalue weighted by atomic mass is 10.00. The van der Waals surface area contributed by atoms with Gasteiger partial charge in [-0.05, 0) is 106 Å². The Bertz CT molecular complexity index is 3570. The van der Waals surface area contributed by atoms with Gasteiger partial charge in [0.1, 0.15) is 5.58 Å². The zero-order valence-corrected chi connectivity index (χ0v) is 34.4. The number of aromatic nitrogens is 1. The number of nitrogens with zero attached hydrogens (tertiary/aromatic N) is 2. The van der Waals surface area contributed by atoms with Crippen LogP contribution in [0.25, 0.3) is 93.9 Å². The summed E-state index contributed by atoms with van der Waals surface area (Å²) in [5.41, 5.74) is 17.6. The van der Waals surface area contributed by atoms with E-state index in [2.05, 4.69) is 252 Å². The first-order valence-electron chi connectivity index (χ1n) is 21.5. The molecule has 0 bridgehead atoms. The molecule has 0 aliphatic carbocycles. The van der Waals surface area contributed by atoms with Crippen LogP contribution in [0.5, 0.6) is 0 Å². The molecular weight excluding hydrogens is 765 g/mol. The molecule has 0 spiro atoms. The predicted octanol–water partition coefficient (Wildman–Crippen LogP) is 16.8. The number of anilines is 3. The molecule has 0 aliphatic rings. The molecule has 0 fully saturated rings. The van der Waals surface area contributed by atoms with E-state index in [0.29, 0.717) is 0 Å². The number of furan rings is 1. The highest BCUT2D eigenvalue weighted by Gasteiger charge is 2.21. The number of hydrogen-bond donors (Lipinski definition) is 0. The third-order valence-electron chi connectivity index (χ3n) is 12.4. The highest BCUT2D eigenvalue weighted by molar-refractivity contribution is 6.14. The van der Waals surface area contributed by atoms with Crippen molar-refractivity contribution in [3.8, 4) is 50.2 Å². The molecule has 12 rings (SSSR count). The van der Waals surface area contributed by atoms with Crippen LogP contribution >= 0.6 is 0 Å². The Labute approximate surface area is 366 Å². The molecule has 0 amide bonds. The van der Waals surface area contributed by atoms with Crippen LogP contribution in [0.1, 0.15) is 0 Å². The van der Waals surface area contributed by atoms with Crippen molar-refractivity contribution in [1.29, 1.82) is 0 Å². The van der Waals surface area contributed by atoms with Crippen LogP contribution in [0, 0.1) is 0 Å². The Morgan fingerprint density at radius 3 is 1.29 bits per heavy atom. The van der Waals surface area contributed by atoms with Crippen molar-refractivity contribution in [1.82, 2.24) is 4.57 Å². The van der Waals surface area contributed by atoms with Gasteiger partial charge in [0.05, 0.1) is 16.7 Å². The van der Waals surface area contributed by atoms with Gasteiger partial charge in [-0.1, -0.05) is 176 Å². The maximum absolute atomic E-state index is 6.98. The molecule has 10 aromatic carbocycles. The van der Waals surface area contributed by atoms with Crippen molar-refractivity contribution >= 4 is 60.8 Å². The van der Waals surface area contributed by atoms with E-state index in [1.807, 2.05) is 0 Å². The summed E-state index contributed by atoms with van der Waals surface area (Å²) in [6.07, 6.45) is 0. The molecule has 2 heterocycles. The highest BCUT2D eigenvalue weighted by Crippen LogP contribution is 2.45. The number of rotatable bonds is 8. The fourth-order valence-corrected chi connectivity index (χ4v) is 9.36. The van der Waals surface area contributed by atoms with Crippen LogP contribution in [-0.2, 0) is 0 Å². The first kappa shape index (κ1) is 36.5. The summed E-state index contributed by atoms with van der Waals surface area (Å²) in [6, 6.07) is 86.9. The van der Waals surface area contributed by atoms with Crippen molar-refractivity contribution in [2.75, 3.05) is 4.90 Å². The van der Waals surface area contributed by atoms with Gasteiger partial charge in [0.2, 0.25) is 0 Å². The molecule has 0 saturated heterocycles. The van der Waals surface area contributed by atoms with Gasteiger partial charge in [0, 0.05) is 44.2 Å². The Morgan fingerprint density at radius 2 is 0.730 bits per heavy atom. The van der Waals surface area contributed by atoms with Crippen LogP contribution in [0.2, 0.25) is 0 Å². The Kier molecular flexibility index (Phi) is 8.83. The number of para-hydroxylation sites is 3. The van der Waals surface area contributed by atoms with E-state index in [1.165, 1.54) is 44.1 Å². The van der Waals surface area contributed by atoms with Crippen LogP contribution in [0.15, 0.2) is 247 Å². The molecule has 0 unspecified atom stereocenters. The van der Waals surface area contributed by atoms with E-state index in [1.54, 1.807) is 0 Å². The van der Waals surface area contributed by atoms with Crippen LogP contribution in [0.4, 0.5) is 17.1 Å². The lowest BCUT2D eigenvalue weighted by Crippen LogP contribution is -2.10. The van der Waals surface area contributed by atoms with Crippen molar-refractivity contribution in [2.24, 2.45) is 0 Å². The van der Waals surface area contributed by atoms with E-state index in [0.717, 1.165) is 66.9 Å². The molecular formula is C60H40N2O. The average molecular weight is 805 g/mol. The molecule has 0 atom stereocenters. The van der Waals surface area contributed by atoms with Gasteiger partial charge in [-0.3, -0.25) is 0 Å². The molecule has 3 nitrogen and oxygen atoms in total. The van der Waals surface area contributed by atoms with Gasteiger partial charge in [-0.25, -0.2) is 0 Å². The van der Waals surface area contributed by atoms with E-state index in [4.69, 9.17) is 4.42 Å². The van der Waals surface area contributed by atoms with Crippen LogP contribution in [0.3, 0.4) is 0 Å². The molecule has 0 N–H and O–H groups in total. The van der Waals surface area contributed by atoms with Gasteiger partial charge in [-0.2, -0.15) is 0 Å². The van der Waals surface area contributed by atoms with Gasteiger partial charge < -0.3 is 13.9 Å². The lowest BCUT2D eigenvalue weighted by molar-refractivity contribution is 0.670. The maximum Gasteiger partial charge on any atom is 0.159 e. The van der Waals surface area contributed by atoms with E-state index in [9.17, 15) is 0 Å². The molecule has 63 heavy (non-hydrogen) atoms. The normalized spacial score (nSPS) is 11.5. The predicted molar refractivity (Wildman–Crippen MR) is 264 cm³/mol. The Hall–Kier alpha value is -8.40. The molecule has 0 radical (unpaired) electrons. The summed E-state index contributed by atoms with van der Waals surface area (Å²) >= 11 is 0. The summed E-state index contributed by atoms with van der Waals surface area (Å²) in [4.78, 5) is 2.33. The van der Waals surface area contributed by atoms with Crippen LogP contribution < -0.4 is 4.90 Å². The minimum atomic E-state index is 0.849. The quantitative estimate of drug-likeness (QED) is 0.153. The van der Waals surface area contributed by atoms with Crippen molar-refractivity contribution in [3.63, 3.8) is 0 Å². The topological polar surface area (TPSA) is 21.3 Å². The third-order valence-corrected chi connectivity index (χ3v) is 12.4. The minimum absolute atomic E-state index is 0.849. The molecule has 296 valence electrons. The second kappa shape index (κ2) is 15.3. The zero-order valence-electron chi connectivity index (χ0n) is 34.4. The number of hydrogen-bond acceptors (Lipinski definition) is 2. The summed E-state index contributed by atoms with van der Waals surface area (Å²) in [7, 11) is 0. The second-order valence-corrected chi connectivity index (χ2v) is 16.1. The molecule has 2 aromatic heterocycles. The monoisotopic (exact) mass is 804 g/mol. The fourth-order valence-electron chi connectivity index (χ4n) is 9.36. The smallest absolute Gasteiger partial charge is 0.159 e. The van der Waals surface area contributed by atoms with Crippen molar-refractivity contribution < 1.29 is 4.42 Å². The first-order valence-corrected chi connectivity index (χ1v) is 21.5. The largest absolute Gasteiger partial charge is 0.453 e. The summed E-state index contributed by atoms with van der Waals surface area (Å²) in [6.45, 7) is 0. The summed E-state index contributed by atoms with van der Waals surface area (Å²) in [5, 5.41) is 4.64. The van der Waals surface area contributed by atoms with E-state index < -0.39 is 0 Å². The van der Waals surface area contributed by atoms with Crippen LogP contribution in [-0.4, -0.2) is 4.57 Å². The molecule has 3 heteroatoms. The number of fused-ring (bicyclic) bond motifs is 6. The minimum Gasteiger partial charge on any atom is -0.453 e. The van der Waals surface area contributed by atoms with Crippen molar-refractivity contribution in [3.05, 3.63) is 243 Å². The van der Waals surface area contributed by atoms with Crippen molar-refractivity contribution in [2.45, 2.75) is 0 Å². The lowest BCUT2D eigenvalue weighted by Gasteiger charge is -2.26. The highest BCUT2D eigenvalue weighted by atomic mass is 16.3. The maximum atomic E-state index is 6.98. The van der Waals surface area contributed by atoms with Gasteiger partial charge >= 0.3 is 0 Å². The second-order valence-electron chi connectivity index (χ2n) is 16.1. The third kappa shape index (κ3) is 6.38. The SMILES string of the molecule is c1ccc(-c2ccc(N(c3ccc(-c4ccc5c(c4)c4cc(-c6ccccc6)ccc4n5-c4ccccc4)cc3)c3cccc4c3oc3c(-c5ccccc5)cccc34)cc2)cc1. The number of benzene rings is 10. The standard InChI is InChI=1S/C60H40N2O/c1-5-15-41(16-6-1)43-27-33-49(34-28-43)61(58-26-14-25-53-52-24-13-23-51(59(52)63-60(53)58)45-19-9-3-10-20-45)50-35-29-44(30-36-50)47-32-38-57-55(40-47)54-39-46(42-17-7-2-8-18-42)31-37-56(54)62(57)48-21-11-4-12-22-48/h1-40H. The zero-order chi connectivity index (χ0) is 41.7. The van der Waals surface area contributed by atoms with E-state index >= 15 is 0 Å². The average Bonchev–Trinajstić information content (AvgIpc) is 3.91. The summed E-state index contributed by atoms with van der Waals surface area (Å²) < 4.78 is 9.37. The van der Waals surface area contributed by atoms with E-state index in [-0.39, 0.29) is 0 Å². The molecule has 12 aromatic rings.